The second-order valence-electron chi connectivity index (χ2n) is 2.96. The van der Waals surface area contributed by atoms with Crippen LogP contribution in [0.15, 0.2) is 36.7 Å². The zero-order chi connectivity index (χ0) is 11.4. The summed E-state index contributed by atoms with van der Waals surface area (Å²) in [5.41, 5.74) is 0.453. The van der Waals surface area contributed by atoms with Gasteiger partial charge < -0.3 is 0 Å². The third-order valence-corrected chi connectivity index (χ3v) is 1.91. The smallest absolute Gasteiger partial charge is 0.229 e. The largest absolute Gasteiger partial charge is 0.294 e. The summed E-state index contributed by atoms with van der Waals surface area (Å²) >= 11 is 0. The van der Waals surface area contributed by atoms with Crippen LogP contribution in [0.2, 0.25) is 0 Å². The van der Waals surface area contributed by atoms with Crippen LogP contribution < -0.4 is 0 Å². The maximum atomic E-state index is 11.8. The SMILES string of the molecule is O=Cc1nccc(C(=O)c2ccccn2)n1. The van der Waals surface area contributed by atoms with E-state index in [4.69, 9.17) is 0 Å². The summed E-state index contributed by atoms with van der Waals surface area (Å²) in [6.07, 6.45) is 3.39. The first-order chi connectivity index (χ1) is 7.81. The summed E-state index contributed by atoms with van der Waals surface area (Å²) in [4.78, 5) is 33.7. The molecule has 0 N–H and O–H groups in total. The summed E-state index contributed by atoms with van der Waals surface area (Å²) in [7, 11) is 0. The molecule has 0 saturated heterocycles. The van der Waals surface area contributed by atoms with Gasteiger partial charge in [-0.3, -0.25) is 14.6 Å². The lowest BCUT2D eigenvalue weighted by atomic mass is 10.2. The fourth-order valence-corrected chi connectivity index (χ4v) is 1.19. The van der Waals surface area contributed by atoms with Gasteiger partial charge in [-0.15, -0.1) is 0 Å². The molecule has 0 aliphatic carbocycles. The van der Waals surface area contributed by atoms with Crippen molar-refractivity contribution in [2.75, 3.05) is 0 Å². The number of ketones is 1. The van der Waals surface area contributed by atoms with Crippen LogP contribution in [0, 0.1) is 0 Å². The first-order valence-corrected chi connectivity index (χ1v) is 4.55. The van der Waals surface area contributed by atoms with E-state index in [-0.39, 0.29) is 23.0 Å². The van der Waals surface area contributed by atoms with Gasteiger partial charge in [0.2, 0.25) is 5.78 Å². The monoisotopic (exact) mass is 213 g/mol. The minimum absolute atomic E-state index is 0.0122. The van der Waals surface area contributed by atoms with Crippen LogP contribution in [-0.4, -0.2) is 27.0 Å². The average Bonchev–Trinajstić information content (AvgIpc) is 2.39. The molecule has 0 spiro atoms. The minimum Gasteiger partial charge on any atom is -0.294 e. The lowest BCUT2D eigenvalue weighted by Gasteiger charge is -1.98. The number of carbonyl (C=O) groups excluding carboxylic acids is 2. The van der Waals surface area contributed by atoms with Crippen molar-refractivity contribution in [2.24, 2.45) is 0 Å². The maximum absolute atomic E-state index is 11.8. The number of hydrogen-bond donors (Lipinski definition) is 0. The molecule has 0 radical (unpaired) electrons. The Labute approximate surface area is 91.2 Å². The Morgan fingerprint density at radius 3 is 2.62 bits per heavy atom. The third-order valence-electron chi connectivity index (χ3n) is 1.91. The van der Waals surface area contributed by atoms with Gasteiger partial charge in [-0.05, 0) is 18.2 Å². The molecule has 0 atom stereocenters. The van der Waals surface area contributed by atoms with E-state index in [2.05, 4.69) is 15.0 Å². The van der Waals surface area contributed by atoms with Crippen molar-refractivity contribution in [3.63, 3.8) is 0 Å². The van der Waals surface area contributed by atoms with Crippen LogP contribution in [0.5, 0.6) is 0 Å². The molecule has 78 valence electrons. The highest BCUT2D eigenvalue weighted by Gasteiger charge is 2.11. The van der Waals surface area contributed by atoms with Crippen LogP contribution in [0.3, 0.4) is 0 Å². The topological polar surface area (TPSA) is 72.8 Å². The fourth-order valence-electron chi connectivity index (χ4n) is 1.19. The predicted molar refractivity (Wildman–Crippen MR) is 55.1 cm³/mol. The Kier molecular flexibility index (Phi) is 2.77. The van der Waals surface area contributed by atoms with Crippen LogP contribution >= 0.6 is 0 Å². The number of rotatable bonds is 3. The van der Waals surface area contributed by atoms with Gasteiger partial charge in [0.05, 0.1) is 0 Å². The maximum Gasteiger partial charge on any atom is 0.229 e. The Morgan fingerprint density at radius 1 is 1.06 bits per heavy atom. The molecule has 0 aliphatic rings. The van der Waals surface area contributed by atoms with E-state index >= 15 is 0 Å². The first-order valence-electron chi connectivity index (χ1n) is 4.55. The van der Waals surface area contributed by atoms with Gasteiger partial charge >= 0.3 is 0 Å². The van der Waals surface area contributed by atoms with E-state index in [0.29, 0.717) is 6.29 Å². The lowest BCUT2D eigenvalue weighted by molar-refractivity contribution is 0.102. The standard InChI is InChI=1S/C11H7N3O2/c15-7-10-13-6-4-9(14-10)11(16)8-3-1-2-5-12-8/h1-7H. The van der Waals surface area contributed by atoms with Crippen LogP contribution in [0.4, 0.5) is 0 Å². The molecule has 0 aliphatic heterocycles. The molecular formula is C11H7N3O2. The summed E-state index contributed by atoms with van der Waals surface area (Å²) < 4.78 is 0. The third kappa shape index (κ3) is 1.98. The van der Waals surface area contributed by atoms with Crippen molar-refractivity contribution in [3.8, 4) is 0 Å². The molecule has 5 heteroatoms. The van der Waals surface area contributed by atoms with Gasteiger partial charge in [-0.2, -0.15) is 0 Å². The minimum atomic E-state index is -0.328. The van der Waals surface area contributed by atoms with E-state index in [1.165, 1.54) is 18.5 Å². The van der Waals surface area contributed by atoms with Crippen molar-refractivity contribution in [1.29, 1.82) is 0 Å². The average molecular weight is 213 g/mol. The molecule has 0 unspecified atom stereocenters. The quantitative estimate of drug-likeness (QED) is 0.559. The first kappa shape index (κ1) is 10.1. The molecule has 0 amide bonds. The molecule has 0 saturated carbocycles. The highest BCUT2D eigenvalue weighted by atomic mass is 16.1. The van der Waals surface area contributed by atoms with Crippen LogP contribution in [0.1, 0.15) is 26.8 Å². The molecule has 5 nitrogen and oxygen atoms in total. The van der Waals surface area contributed by atoms with Crippen molar-refractivity contribution in [3.05, 3.63) is 53.9 Å². The molecular weight excluding hydrogens is 206 g/mol. The Hall–Kier alpha value is -2.43. The number of aldehydes is 1. The Balaban J connectivity index is 2.38. The fraction of sp³-hybridized carbons (Fsp3) is 0. The zero-order valence-corrected chi connectivity index (χ0v) is 8.20. The number of pyridine rings is 1. The van der Waals surface area contributed by atoms with E-state index in [9.17, 15) is 9.59 Å². The highest BCUT2D eigenvalue weighted by molar-refractivity contribution is 6.06. The van der Waals surface area contributed by atoms with Gasteiger partial charge in [0.15, 0.2) is 12.1 Å². The number of carbonyl (C=O) groups is 2. The number of hydrogen-bond acceptors (Lipinski definition) is 5. The normalized spacial score (nSPS) is 9.75. The molecule has 2 aromatic heterocycles. The van der Waals surface area contributed by atoms with Gasteiger partial charge in [-0.25, -0.2) is 9.97 Å². The van der Waals surface area contributed by atoms with Crippen molar-refractivity contribution in [1.82, 2.24) is 15.0 Å². The predicted octanol–water partition coefficient (Wildman–Crippen LogP) is 0.915. The highest BCUT2D eigenvalue weighted by Crippen LogP contribution is 2.03. The van der Waals surface area contributed by atoms with Gasteiger partial charge in [-0.1, -0.05) is 6.07 Å². The molecule has 2 heterocycles. The summed E-state index contributed by atoms with van der Waals surface area (Å²) in [5, 5.41) is 0. The Bertz CT molecular complexity index is 526. The zero-order valence-electron chi connectivity index (χ0n) is 8.20. The van der Waals surface area contributed by atoms with E-state index < -0.39 is 0 Å². The number of aromatic nitrogens is 3. The van der Waals surface area contributed by atoms with Crippen LogP contribution in [-0.2, 0) is 0 Å². The van der Waals surface area contributed by atoms with E-state index in [1.807, 2.05) is 0 Å². The van der Waals surface area contributed by atoms with Gasteiger partial charge in [0.25, 0.3) is 0 Å². The number of nitrogens with zero attached hydrogens (tertiary/aromatic N) is 3. The summed E-state index contributed by atoms with van der Waals surface area (Å²) in [6.45, 7) is 0. The second-order valence-corrected chi connectivity index (χ2v) is 2.96. The van der Waals surface area contributed by atoms with Crippen molar-refractivity contribution >= 4 is 12.1 Å². The van der Waals surface area contributed by atoms with Gasteiger partial charge in [0.1, 0.15) is 11.4 Å². The lowest BCUT2D eigenvalue weighted by Crippen LogP contribution is -2.08. The summed E-state index contributed by atoms with van der Waals surface area (Å²) in [6, 6.07) is 6.46. The molecule has 2 rings (SSSR count). The Morgan fingerprint density at radius 2 is 1.94 bits per heavy atom. The second kappa shape index (κ2) is 4.39. The molecule has 0 fully saturated rings. The van der Waals surface area contributed by atoms with Gasteiger partial charge in [0, 0.05) is 12.4 Å². The van der Waals surface area contributed by atoms with Crippen molar-refractivity contribution < 1.29 is 9.59 Å². The molecule has 2 aromatic rings. The summed E-state index contributed by atoms with van der Waals surface area (Å²) in [5.74, 6) is -0.340. The van der Waals surface area contributed by atoms with E-state index in [0.717, 1.165) is 0 Å². The van der Waals surface area contributed by atoms with Crippen LogP contribution in [0.25, 0.3) is 0 Å². The van der Waals surface area contributed by atoms with E-state index in [1.54, 1.807) is 18.2 Å². The molecule has 0 bridgehead atoms. The molecule has 16 heavy (non-hydrogen) atoms. The molecule has 0 aromatic carbocycles. The van der Waals surface area contributed by atoms with Crippen molar-refractivity contribution in [2.45, 2.75) is 0 Å².